The zero-order chi connectivity index (χ0) is 14.1. The molecule has 3 rings (SSSR count). The van der Waals surface area contributed by atoms with Crippen LogP contribution < -0.4 is 4.90 Å². The van der Waals surface area contributed by atoms with Gasteiger partial charge in [0, 0.05) is 19.3 Å². The number of fused-ring (bicyclic) bond motifs is 1. The van der Waals surface area contributed by atoms with E-state index in [9.17, 15) is 4.79 Å². The van der Waals surface area contributed by atoms with Crippen molar-refractivity contribution in [3.8, 4) is 0 Å². The van der Waals surface area contributed by atoms with Gasteiger partial charge in [-0.1, -0.05) is 35.9 Å². The second kappa shape index (κ2) is 5.13. The maximum Gasteiger partial charge on any atom is 0.337 e. The van der Waals surface area contributed by atoms with Gasteiger partial charge in [-0.05, 0) is 23.6 Å². The number of rotatable bonds is 2. The van der Waals surface area contributed by atoms with Crippen molar-refractivity contribution in [2.75, 3.05) is 11.4 Å². The maximum atomic E-state index is 11.1. The highest BCUT2D eigenvalue weighted by Gasteiger charge is 2.21. The molecule has 1 aromatic carbocycles. The standard InChI is InChI=1S/C15H13ClN2O2/c16-13-12(15(19)20)5-7-17-14(13)18-8-6-10-3-1-2-4-11(10)9-18/h1-5,7H,6,8-9H2,(H,19,20). The number of aromatic carboxylic acids is 1. The third-order valence-corrected chi connectivity index (χ3v) is 3.90. The number of nitrogens with zero attached hydrogens (tertiary/aromatic N) is 2. The number of carbonyl (C=O) groups is 1. The molecule has 0 bridgehead atoms. The Bertz CT molecular complexity index is 673. The van der Waals surface area contributed by atoms with E-state index in [4.69, 9.17) is 16.7 Å². The Labute approximate surface area is 121 Å². The minimum atomic E-state index is -1.03. The number of carboxylic acids is 1. The van der Waals surface area contributed by atoms with E-state index >= 15 is 0 Å². The number of anilines is 1. The van der Waals surface area contributed by atoms with E-state index in [1.54, 1.807) is 0 Å². The number of aromatic nitrogens is 1. The molecule has 20 heavy (non-hydrogen) atoms. The van der Waals surface area contributed by atoms with Crippen LogP contribution in [-0.2, 0) is 13.0 Å². The summed E-state index contributed by atoms with van der Waals surface area (Å²) in [6, 6.07) is 9.66. The summed E-state index contributed by atoms with van der Waals surface area (Å²) < 4.78 is 0. The van der Waals surface area contributed by atoms with Crippen molar-refractivity contribution in [2.24, 2.45) is 0 Å². The van der Waals surface area contributed by atoms with Gasteiger partial charge in [-0.3, -0.25) is 0 Å². The third kappa shape index (κ3) is 2.23. The van der Waals surface area contributed by atoms with Gasteiger partial charge in [-0.25, -0.2) is 9.78 Å². The molecule has 0 spiro atoms. The molecule has 0 saturated carbocycles. The summed E-state index contributed by atoms with van der Waals surface area (Å²) in [6.07, 6.45) is 2.40. The lowest BCUT2D eigenvalue weighted by molar-refractivity contribution is 0.0697. The topological polar surface area (TPSA) is 53.4 Å². The van der Waals surface area contributed by atoms with Crippen LogP contribution in [-0.4, -0.2) is 22.6 Å². The number of carboxylic acid groups (broad SMARTS) is 1. The molecule has 1 aromatic heterocycles. The molecule has 5 heteroatoms. The van der Waals surface area contributed by atoms with Crippen molar-refractivity contribution in [3.63, 3.8) is 0 Å². The number of hydrogen-bond acceptors (Lipinski definition) is 3. The molecule has 1 aliphatic rings. The normalized spacial score (nSPS) is 13.9. The van der Waals surface area contributed by atoms with Crippen molar-refractivity contribution in [1.29, 1.82) is 0 Å². The summed E-state index contributed by atoms with van der Waals surface area (Å²) in [5.41, 5.74) is 2.65. The first kappa shape index (κ1) is 12.9. The van der Waals surface area contributed by atoms with Gasteiger partial charge in [-0.15, -0.1) is 0 Å². The van der Waals surface area contributed by atoms with Gasteiger partial charge in [-0.2, -0.15) is 0 Å². The number of benzene rings is 1. The van der Waals surface area contributed by atoms with Gasteiger partial charge < -0.3 is 10.0 Å². The van der Waals surface area contributed by atoms with Gasteiger partial charge in [0.15, 0.2) is 0 Å². The second-order valence-electron chi connectivity index (χ2n) is 4.74. The van der Waals surface area contributed by atoms with Crippen LogP contribution in [0.3, 0.4) is 0 Å². The molecule has 102 valence electrons. The van der Waals surface area contributed by atoms with E-state index in [2.05, 4.69) is 17.1 Å². The van der Waals surface area contributed by atoms with Crippen LogP contribution >= 0.6 is 11.6 Å². The van der Waals surface area contributed by atoms with Crippen LogP contribution in [0, 0.1) is 0 Å². The lowest BCUT2D eigenvalue weighted by Gasteiger charge is -2.30. The van der Waals surface area contributed by atoms with Crippen molar-refractivity contribution in [1.82, 2.24) is 4.98 Å². The highest BCUT2D eigenvalue weighted by atomic mass is 35.5. The Kier molecular flexibility index (Phi) is 3.32. The molecular formula is C15H13ClN2O2. The van der Waals surface area contributed by atoms with Gasteiger partial charge in [0.05, 0.1) is 10.6 Å². The lowest BCUT2D eigenvalue weighted by Crippen LogP contribution is -2.31. The van der Waals surface area contributed by atoms with E-state index in [0.29, 0.717) is 12.4 Å². The van der Waals surface area contributed by atoms with Crippen LogP contribution in [0.25, 0.3) is 0 Å². The Morgan fingerprint density at radius 1 is 1.25 bits per heavy atom. The largest absolute Gasteiger partial charge is 0.478 e. The van der Waals surface area contributed by atoms with Crippen LogP contribution in [0.15, 0.2) is 36.5 Å². The Hall–Kier alpha value is -2.07. The first-order valence-corrected chi connectivity index (χ1v) is 6.74. The van der Waals surface area contributed by atoms with Crippen molar-refractivity contribution >= 4 is 23.4 Å². The van der Waals surface area contributed by atoms with E-state index < -0.39 is 5.97 Å². The molecule has 0 radical (unpaired) electrons. The molecule has 0 unspecified atom stereocenters. The monoisotopic (exact) mass is 288 g/mol. The summed E-state index contributed by atoms with van der Waals surface area (Å²) in [4.78, 5) is 17.4. The summed E-state index contributed by atoms with van der Waals surface area (Å²) in [5.74, 6) is -0.489. The average Bonchev–Trinajstić information content (AvgIpc) is 2.46. The molecule has 4 nitrogen and oxygen atoms in total. The second-order valence-corrected chi connectivity index (χ2v) is 5.12. The smallest absolute Gasteiger partial charge is 0.337 e. The fraction of sp³-hybridized carbons (Fsp3) is 0.200. The van der Waals surface area contributed by atoms with E-state index in [-0.39, 0.29) is 10.6 Å². The molecular weight excluding hydrogens is 276 g/mol. The first-order valence-electron chi connectivity index (χ1n) is 6.36. The molecule has 2 heterocycles. The fourth-order valence-electron chi connectivity index (χ4n) is 2.49. The predicted molar refractivity (Wildman–Crippen MR) is 77.4 cm³/mol. The van der Waals surface area contributed by atoms with Crippen molar-refractivity contribution in [2.45, 2.75) is 13.0 Å². The number of pyridine rings is 1. The van der Waals surface area contributed by atoms with Gasteiger partial charge in [0.2, 0.25) is 0 Å². The molecule has 1 N–H and O–H groups in total. The van der Waals surface area contributed by atoms with Crippen molar-refractivity contribution in [3.05, 3.63) is 58.2 Å². The van der Waals surface area contributed by atoms with Gasteiger partial charge in [0.1, 0.15) is 5.82 Å². The predicted octanol–water partition coefficient (Wildman–Crippen LogP) is 3.00. The van der Waals surface area contributed by atoms with Gasteiger partial charge >= 0.3 is 5.97 Å². The van der Waals surface area contributed by atoms with E-state index in [0.717, 1.165) is 13.0 Å². The van der Waals surface area contributed by atoms with E-state index in [1.807, 2.05) is 17.0 Å². The third-order valence-electron chi connectivity index (χ3n) is 3.53. The molecule has 1 aliphatic heterocycles. The summed E-state index contributed by atoms with van der Waals surface area (Å²) in [7, 11) is 0. The molecule has 0 saturated heterocycles. The highest BCUT2D eigenvalue weighted by Crippen LogP contribution is 2.30. The molecule has 0 aliphatic carbocycles. The number of hydrogen-bond donors (Lipinski definition) is 1. The summed E-state index contributed by atoms with van der Waals surface area (Å²) in [5, 5.41) is 9.32. The average molecular weight is 289 g/mol. The fourth-order valence-corrected chi connectivity index (χ4v) is 2.81. The first-order chi connectivity index (χ1) is 9.66. The van der Waals surface area contributed by atoms with Crippen LogP contribution in [0.5, 0.6) is 0 Å². The minimum Gasteiger partial charge on any atom is -0.478 e. The Balaban J connectivity index is 1.96. The van der Waals surface area contributed by atoms with Crippen LogP contribution in [0.2, 0.25) is 5.02 Å². The van der Waals surface area contributed by atoms with E-state index in [1.165, 1.54) is 23.4 Å². The zero-order valence-corrected chi connectivity index (χ0v) is 11.5. The molecule has 0 amide bonds. The summed E-state index contributed by atoms with van der Waals surface area (Å²) >= 11 is 6.18. The minimum absolute atomic E-state index is 0.0931. The SMILES string of the molecule is O=C(O)c1ccnc(N2CCc3ccccc3C2)c1Cl. The maximum absolute atomic E-state index is 11.1. The Morgan fingerprint density at radius 2 is 2.00 bits per heavy atom. The molecule has 0 atom stereocenters. The molecule has 0 fully saturated rings. The van der Waals surface area contributed by atoms with Gasteiger partial charge in [0.25, 0.3) is 0 Å². The van der Waals surface area contributed by atoms with Crippen molar-refractivity contribution < 1.29 is 9.90 Å². The van der Waals surface area contributed by atoms with Crippen LogP contribution in [0.4, 0.5) is 5.82 Å². The Morgan fingerprint density at radius 3 is 2.75 bits per heavy atom. The highest BCUT2D eigenvalue weighted by molar-refractivity contribution is 6.35. The quantitative estimate of drug-likeness (QED) is 0.923. The number of halogens is 1. The zero-order valence-electron chi connectivity index (χ0n) is 10.7. The molecule has 2 aromatic rings. The lowest BCUT2D eigenvalue weighted by atomic mass is 10.00. The van der Waals surface area contributed by atoms with Crippen LogP contribution in [0.1, 0.15) is 21.5 Å². The summed E-state index contributed by atoms with van der Waals surface area (Å²) in [6.45, 7) is 1.48.